The quantitative estimate of drug-likeness (QED) is 0.254. The summed E-state index contributed by atoms with van der Waals surface area (Å²) >= 11 is 0. The lowest BCUT2D eigenvalue weighted by molar-refractivity contribution is -0.174. The number of H-pyrrole nitrogens is 1. The Morgan fingerprint density at radius 3 is 2.59 bits per heavy atom. The molecule has 7 N–H and O–H groups in total. The zero-order valence-corrected chi connectivity index (χ0v) is 18.5. The molecule has 1 fully saturated rings. The van der Waals surface area contributed by atoms with Crippen LogP contribution in [-0.2, 0) is 31.6 Å². The van der Waals surface area contributed by atoms with Crippen molar-refractivity contribution in [1.29, 1.82) is 0 Å². The van der Waals surface area contributed by atoms with Crippen LogP contribution in [0.3, 0.4) is 0 Å². The lowest BCUT2D eigenvalue weighted by Crippen LogP contribution is -2.28. The van der Waals surface area contributed by atoms with Crippen molar-refractivity contribution in [2.45, 2.75) is 25.4 Å². The third-order valence-corrected chi connectivity index (χ3v) is 7.81. The van der Waals surface area contributed by atoms with E-state index in [2.05, 4.69) is 28.1 Å². The second-order valence-corrected chi connectivity index (χ2v) is 11.1. The Labute approximate surface area is 176 Å². The number of alkyl halides is 1. The third-order valence-electron chi connectivity index (χ3n) is 4.03. The highest BCUT2D eigenvalue weighted by molar-refractivity contribution is 7.66. The molecule has 5 atom stereocenters. The minimum absolute atomic E-state index is 0.0137. The maximum Gasteiger partial charge on any atom is 0.490 e. The number of aromatic amines is 1. The molecule has 3 rings (SSSR count). The standard InChI is InChI=1S/C11H17FN5O12P3/c1-5-2-11(12,3-26-31(22,23)29-32(24,25)28-30(19,20)21)27-9(5)17-4-14-6-7(17)15-10(13)16-8(6)18/h4-5,9H,2-3H2,1H3,(H,22,23)(H,24,25)(H2,19,20,21)(H3,13,15,16,18)/t5-,9+,11-/m0/s1. The highest BCUT2D eigenvalue weighted by atomic mass is 31.3. The molecule has 3 heterocycles. The van der Waals surface area contributed by atoms with Crippen molar-refractivity contribution in [2.24, 2.45) is 5.92 Å². The van der Waals surface area contributed by atoms with Gasteiger partial charge in [-0.05, 0) is 0 Å². The number of ether oxygens (including phenoxy) is 1. The summed E-state index contributed by atoms with van der Waals surface area (Å²) in [6.45, 7) is 0.250. The van der Waals surface area contributed by atoms with Gasteiger partial charge in [-0.2, -0.15) is 13.6 Å². The molecule has 17 nitrogen and oxygen atoms in total. The molecule has 21 heteroatoms. The van der Waals surface area contributed by atoms with Crippen LogP contribution in [0, 0.1) is 5.92 Å². The molecule has 2 aromatic heterocycles. The summed E-state index contributed by atoms with van der Waals surface area (Å²) in [6.07, 6.45) is -0.365. The normalized spacial score (nSPS) is 27.9. The van der Waals surface area contributed by atoms with Crippen LogP contribution in [0.25, 0.3) is 11.2 Å². The van der Waals surface area contributed by atoms with Crippen molar-refractivity contribution in [3.05, 3.63) is 16.7 Å². The number of aromatic nitrogens is 4. The molecule has 2 unspecified atom stereocenters. The van der Waals surface area contributed by atoms with E-state index in [-0.39, 0.29) is 17.1 Å². The average molecular weight is 523 g/mol. The van der Waals surface area contributed by atoms with Crippen molar-refractivity contribution in [3.63, 3.8) is 0 Å². The van der Waals surface area contributed by atoms with Crippen LogP contribution in [0.15, 0.2) is 11.1 Å². The van der Waals surface area contributed by atoms with Crippen LogP contribution >= 0.6 is 23.5 Å². The first-order chi connectivity index (χ1) is 14.5. The molecule has 2 aromatic rings. The lowest BCUT2D eigenvalue weighted by atomic mass is 10.1. The van der Waals surface area contributed by atoms with Crippen LogP contribution in [0.2, 0.25) is 0 Å². The van der Waals surface area contributed by atoms with E-state index in [0.717, 1.165) is 6.33 Å². The number of anilines is 1. The highest BCUT2D eigenvalue weighted by Gasteiger charge is 2.49. The Balaban J connectivity index is 1.73. The number of phosphoric ester groups is 1. The summed E-state index contributed by atoms with van der Waals surface area (Å²) in [4.78, 5) is 57.5. The monoisotopic (exact) mass is 523 g/mol. The first kappa shape index (κ1) is 25.1. The summed E-state index contributed by atoms with van der Waals surface area (Å²) < 4.78 is 66.8. The van der Waals surface area contributed by atoms with Crippen molar-refractivity contribution >= 4 is 40.6 Å². The van der Waals surface area contributed by atoms with E-state index >= 15 is 4.39 Å². The van der Waals surface area contributed by atoms with Gasteiger partial charge >= 0.3 is 23.5 Å². The summed E-state index contributed by atoms with van der Waals surface area (Å²) in [6, 6.07) is 0. The molecule has 0 aliphatic carbocycles. The third kappa shape index (κ3) is 5.87. The number of rotatable bonds is 8. The second-order valence-electron chi connectivity index (χ2n) is 6.71. The predicted octanol–water partition coefficient (Wildman–Crippen LogP) is 0.266. The van der Waals surface area contributed by atoms with Crippen LogP contribution in [0.4, 0.5) is 10.3 Å². The molecule has 1 aliphatic rings. The summed E-state index contributed by atoms with van der Waals surface area (Å²) in [5, 5.41) is 0. The molecule has 32 heavy (non-hydrogen) atoms. The van der Waals surface area contributed by atoms with Gasteiger partial charge in [0.15, 0.2) is 11.2 Å². The van der Waals surface area contributed by atoms with Gasteiger partial charge in [0.2, 0.25) is 11.8 Å². The molecule has 0 amide bonds. The van der Waals surface area contributed by atoms with Gasteiger partial charge in [0.1, 0.15) is 12.8 Å². The van der Waals surface area contributed by atoms with Crippen molar-refractivity contribution < 1.29 is 55.5 Å². The SMILES string of the molecule is C[C@H]1C[C@@](F)(COP(=O)(O)OP(=O)(O)OP(=O)(O)O)O[C@H]1n1cnc2c(=O)[nH]c(N)nc21. The van der Waals surface area contributed by atoms with Gasteiger partial charge in [0.05, 0.1) is 6.33 Å². The number of hydrogen-bond donors (Lipinski definition) is 6. The van der Waals surface area contributed by atoms with Crippen LogP contribution in [-0.4, -0.2) is 51.6 Å². The van der Waals surface area contributed by atoms with Crippen molar-refractivity contribution in [3.8, 4) is 0 Å². The number of halogens is 1. The van der Waals surface area contributed by atoms with Crippen molar-refractivity contribution in [2.75, 3.05) is 12.3 Å². The molecule has 1 saturated heterocycles. The summed E-state index contributed by atoms with van der Waals surface area (Å²) in [7, 11) is -16.9. The van der Waals surface area contributed by atoms with Crippen molar-refractivity contribution in [1.82, 2.24) is 19.5 Å². The van der Waals surface area contributed by atoms with E-state index in [0.29, 0.717) is 0 Å². The molecule has 0 spiro atoms. The Hall–Kier alpha value is -1.55. The fraction of sp³-hybridized carbons (Fsp3) is 0.545. The summed E-state index contributed by atoms with van der Waals surface area (Å²) in [5.41, 5.74) is 4.75. The maximum absolute atomic E-state index is 15.1. The minimum atomic E-state index is -5.75. The molecular weight excluding hydrogens is 506 g/mol. The molecule has 1 aliphatic heterocycles. The number of phosphoric acid groups is 3. The number of nitrogens with two attached hydrogens (primary N) is 1. The number of nitrogens with one attached hydrogen (secondary N) is 1. The first-order valence-electron chi connectivity index (χ1n) is 8.37. The van der Waals surface area contributed by atoms with Gasteiger partial charge in [-0.1, -0.05) is 6.92 Å². The average Bonchev–Trinajstić information content (AvgIpc) is 3.11. The van der Waals surface area contributed by atoms with Gasteiger partial charge in [0, 0.05) is 12.3 Å². The molecule has 0 aromatic carbocycles. The molecule has 180 valence electrons. The van der Waals surface area contributed by atoms with Gasteiger partial charge in [-0.25, -0.2) is 23.1 Å². The number of nitrogen functional groups attached to an aromatic ring is 1. The van der Waals surface area contributed by atoms with E-state index in [1.54, 1.807) is 6.92 Å². The van der Waals surface area contributed by atoms with E-state index in [1.165, 1.54) is 4.57 Å². The molecule has 0 radical (unpaired) electrons. The second kappa shape index (κ2) is 8.34. The fourth-order valence-electron chi connectivity index (χ4n) is 3.00. The Morgan fingerprint density at radius 1 is 1.31 bits per heavy atom. The van der Waals surface area contributed by atoms with Gasteiger partial charge in [0.25, 0.3) is 5.56 Å². The van der Waals surface area contributed by atoms with E-state index < -0.39 is 60.1 Å². The lowest BCUT2D eigenvalue weighted by Gasteiger charge is -2.23. The fourth-order valence-corrected chi connectivity index (χ4v) is 6.05. The van der Waals surface area contributed by atoms with E-state index in [4.69, 9.17) is 25.2 Å². The number of fused-ring (bicyclic) bond motifs is 1. The maximum atomic E-state index is 15.1. The largest absolute Gasteiger partial charge is 0.490 e. The smallest absolute Gasteiger partial charge is 0.369 e. The predicted molar refractivity (Wildman–Crippen MR) is 100 cm³/mol. The Kier molecular flexibility index (Phi) is 6.54. The van der Waals surface area contributed by atoms with Gasteiger partial charge in [-0.15, -0.1) is 0 Å². The number of hydrogen-bond acceptors (Lipinski definition) is 11. The zero-order valence-electron chi connectivity index (χ0n) is 15.8. The van der Waals surface area contributed by atoms with E-state index in [9.17, 15) is 23.4 Å². The summed E-state index contributed by atoms with van der Waals surface area (Å²) in [5.74, 6) is -3.57. The number of nitrogens with zero attached hydrogens (tertiary/aromatic N) is 3. The van der Waals surface area contributed by atoms with Crippen LogP contribution in [0.5, 0.6) is 0 Å². The topological polar surface area (TPSA) is 259 Å². The first-order valence-corrected chi connectivity index (χ1v) is 12.9. The molecular formula is C11H17FN5O12P3. The zero-order chi connectivity index (χ0) is 24.1. The molecule has 0 bridgehead atoms. The Morgan fingerprint density at radius 2 is 1.97 bits per heavy atom. The molecule has 0 saturated carbocycles. The van der Waals surface area contributed by atoms with Crippen LogP contribution < -0.4 is 11.3 Å². The highest BCUT2D eigenvalue weighted by Crippen LogP contribution is 2.66. The van der Waals surface area contributed by atoms with Gasteiger partial charge in [-0.3, -0.25) is 18.9 Å². The number of imidazole rings is 1. The van der Waals surface area contributed by atoms with Crippen LogP contribution in [0.1, 0.15) is 19.6 Å². The minimum Gasteiger partial charge on any atom is -0.369 e. The van der Waals surface area contributed by atoms with Gasteiger partial charge < -0.3 is 30.0 Å². The Bertz CT molecular complexity index is 1230. The van der Waals surface area contributed by atoms with E-state index in [1.807, 2.05) is 0 Å².